The smallest absolute Gasteiger partial charge is 0.410 e. The van der Waals surface area contributed by atoms with Gasteiger partial charge >= 0.3 is 6.09 Å². The quantitative estimate of drug-likeness (QED) is 0.287. The molecule has 1 aliphatic heterocycles. The van der Waals surface area contributed by atoms with E-state index in [9.17, 15) is 9.90 Å². The molecule has 37 heavy (non-hydrogen) atoms. The summed E-state index contributed by atoms with van der Waals surface area (Å²) >= 11 is 6.27. The van der Waals surface area contributed by atoms with E-state index in [4.69, 9.17) is 21.1 Å². The molecule has 10 heteroatoms. The van der Waals surface area contributed by atoms with E-state index in [1.165, 1.54) is 5.12 Å². The van der Waals surface area contributed by atoms with Crippen molar-refractivity contribution in [1.29, 1.82) is 0 Å². The molecule has 0 saturated carbocycles. The summed E-state index contributed by atoms with van der Waals surface area (Å²) in [5, 5.41) is 21.1. The fourth-order valence-corrected chi connectivity index (χ4v) is 4.80. The zero-order chi connectivity index (χ0) is 26.4. The molecule has 2 aromatic carbocycles. The molecule has 0 aliphatic carbocycles. The monoisotopic (exact) mass is 525 g/mol. The van der Waals surface area contributed by atoms with E-state index in [0.29, 0.717) is 43.4 Å². The molecule has 2 N–H and O–H groups in total. The lowest BCUT2D eigenvalue weighted by atomic mass is 9.92. The highest BCUT2D eigenvalue weighted by molar-refractivity contribution is 6.31. The molecule has 1 aromatic heterocycles. The molecular weight excluding hydrogens is 494 g/mol. The predicted octanol–water partition coefficient (Wildman–Crippen LogP) is 4.98. The van der Waals surface area contributed by atoms with Crippen LogP contribution in [0.2, 0.25) is 5.02 Å². The van der Waals surface area contributed by atoms with Gasteiger partial charge in [0.05, 0.1) is 25.9 Å². The van der Waals surface area contributed by atoms with Crippen LogP contribution in [0.3, 0.4) is 0 Å². The van der Waals surface area contributed by atoms with Gasteiger partial charge in [0.1, 0.15) is 11.8 Å². The molecule has 0 bridgehead atoms. The number of benzene rings is 2. The summed E-state index contributed by atoms with van der Waals surface area (Å²) in [4.78, 5) is 18.1. The summed E-state index contributed by atoms with van der Waals surface area (Å²) in [5.74, 6) is 0.670. The maximum Gasteiger partial charge on any atom is 0.410 e. The molecule has 0 fully saturated rings. The molecule has 4 rings (SSSR count). The third-order valence-electron chi connectivity index (χ3n) is 6.29. The molecule has 3 aromatic rings. The molecule has 0 radical (unpaired) electrons. The first-order valence-electron chi connectivity index (χ1n) is 12.3. The standard InChI is InChI=1S/C27H32ClN5O4/c1-4-30-33(29-3)17-20(34)13-15-37-21-9-6-18(7-10-21)26-25-22(12-14-32(26)27(35)36-5-2)23-16-19(28)8-11-24(23)31-25/h4,6-11,16,20,26,31,34H,3,5,12-15,17H2,1-2H3/b30-4-/t20?,26-/m0/s1. The van der Waals surface area contributed by atoms with Crippen LogP contribution in [0, 0.1) is 0 Å². The number of aromatic nitrogens is 1. The largest absolute Gasteiger partial charge is 0.493 e. The minimum absolute atomic E-state index is 0.236. The van der Waals surface area contributed by atoms with Crippen molar-refractivity contribution in [2.24, 2.45) is 10.2 Å². The number of ether oxygens (including phenoxy) is 2. The van der Waals surface area contributed by atoms with Crippen molar-refractivity contribution in [3.63, 3.8) is 0 Å². The van der Waals surface area contributed by atoms with Crippen molar-refractivity contribution >= 4 is 41.5 Å². The van der Waals surface area contributed by atoms with Crippen LogP contribution in [0.4, 0.5) is 4.79 Å². The first-order valence-corrected chi connectivity index (χ1v) is 12.7. The number of carbonyl (C=O) groups is 1. The van der Waals surface area contributed by atoms with Gasteiger partial charge in [-0.05, 0) is 61.7 Å². The highest BCUT2D eigenvalue weighted by atomic mass is 35.5. The fraction of sp³-hybridized carbons (Fsp3) is 0.370. The molecule has 1 unspecified atom stereocenters. The predicted molar refractivity (Wildman–Crippen MR) is 146 cm³/mol. The highest BCUT2D eigenvalue weighted by Crippen LogP contribution is 2.39. The molecule has 2 atom stereocenters. The molecule has 1 amide bonds. The Bertz CT molecular complexity index is 1260. The summed E-state index contributed by atoms with van der Waals surface area (Å²) in [7, 11) is 0. The summed E-state index contributed by atoms with van der Waals surface area (Å²) in [5.41, 5.74) is 4.04. The first-order chi connectivity index (χ1) is 17.9. The number of halogens is 1. The number of hydrogen-bond donors (Lipinski definition) is 2. The Morgan fingerprint density at radius 1 is 1.35 bits per heavy atom. The van der Waals surface area contributed by atoms with Gasteiger partial charge in [-0.25, -0.2) is 4.79 Å². The molecular formula is C27H32ClN5O4. The van der Waals surface area contributed by atoms with Gasteiger partial charge in [-0.1, -0.05) is 23.7 Å². The second-order valence-corrected chi connectivity index (χ2v) is 9.12. The van der Waals surface area contributed by atoms with Crippen LogP contribution < -0.4 is 4.74 Å². The molecule has 0 saturated heterocycles. The van der Waals surface area contributed by atoms with Crippen LogP contribution in [-0.2, 0) is 11.2 Å². The van der Waals surface area contributed by atoms with Crippen molar-refractivity contribution in [1.82, 2.24) is 15.0 Å². The third kappa shape index (κ3) is 6.06. The Morgan fingerprint density at radius 2 is 2.14 bits per heavy atom. The third-order valence-corrected chi connectivity index (χ3v) is 6.53. The Labute approximate surface area is 221 Å². The summed E-state index contributed by atoms with van der Waals surface area (Å²) in [6.07, 6.45) is 1.69. The number of nitrogens with one attached hydrogen (secondary N) is 1. The topological polar surface area (TPSA) is 103 Å². The zero-order valence-corrected chi connectivity index (χ0v) is 21.8. The number of hydrazone groups is 2. The number of aliphatic hydroxyl groups excluding tert-OH is 1. The second-order valence-electron chi connectivity index (χ2n) is 8.68. The lowest BCUT2D eigenvalue weighted by molar-refractivity contribution is 0.0932. The summed E-state index contributed by atoms with van der Waals surface area (Å²) in [6, 6.07) is 13.1. The first kappa shape index (κ1) is 26.5. The number of aliphatic hydroxyl groups is 1. The number of fused-ring (bicyclic) bond motifs is 3. The van der Waals surface area contributed by atoms with Gasteiger partial charge in [0.25, 0.3) is 0 Å². The van der Waals surface area contributed by atoms with Crippen molar-refractivity contribution < 1.29 is 19.4 Å². The lowest BCUT2D eigenvalue weighted by Gasteiger charge is -2.35. The second kappa shape index (κ2) is 12.1. The van der Waals surface area contributed by atoms with E-state index in [-0.39, 0.29) is 18.7 Å². The van der Waals surface area contributed by atoms with Gasteiger partial charge in [-0.2, -0.15) is 15.3 Å². The van der Waals surface area contributed by atoms with Gasteiger partial charge in [0.15, 0.2) is 0 Å². The van der Waals surface area contributed by atoms with Crippen LogP contribution in [0.15, 0.2) is 52.7 Å². The van der Waals surface area contributed by atoms with E-state index in [1.807, 2.05) is 42.5 Å². The average molecular weight is 526 g/mol. The van der Waals surface area contributed by atoms with Crippen LogP contribution in [0.1, 0.15) is 43.1 Å². The fourth-order valence-electron chi connectivity index (χ4n) is 4.62. The Hall–Kier alpha value is -3.56. The van der Waals surface area contributed by atoms with Crippen molar-refractivity contribution in [3.8, 4) is 5.75 Å². The molecule has 0 spiro atoms. The number of nitrogens with zero attached hydrogens (tertiary/aromatic N) is 4. The minimum atomic E-state index is -0.664. The normalized spacial score (nSPS) is 16.0. The highest BCUT2D eigenvalue weighted by Gasteiger charge is 2.35. The number of carbonyl (C=O) groups excluding carboxylic acids is 1. The van der Waals surface area contributed by atoms with E-state index in [0.717, 1.165) is 27.7 Å². The Kier molecular flexibility index (Phi) is 8.68. The maximum atomic E-state index is 12.9. The molecule has 9 nitrogen and oxygen atoms in total. The van der Waals surface area contributed by atoms with Crippen molar-refractivity contribution in [2.75, 3.05) is 26.3 Å². The zero-order valence-electron chi connectivity index (χ0n) is 21.1. The van der Waals surface area contributed by atoms with Crippen LogP contribution in [0.5, 0.6) is 5.75 Å². The number of hydrogen-bond acceptors (Lipinski definition) is 7. The molecule has 2 heterocycles. The van der Waals surface area contributed by atoms with Crippen molar-refractivity contribution in [2.45, 2.75) is 38.8 Å². The maximum absolute atomic E-state index is 12.9. The van der Waals surface area contributed by atoms with Gasteiger partial charge < -0.3 is 19.6 Å². The van der Waals surface area contributed by atoms with Crippen LogP contribution in [0.25, 0.3) is 10.9 Å². The SMILES string of the molecule is C=NN(CC(O)CCOc1ccc([C@H]2c3[nH]c4ccc(Cl)cc4c3CCN2C(=O)OCC)cc1)/N=C\C. The minimum Gasteiger partial charge on any atom is -0.493 e. The number of H-pyrrole nitrogens is 1. The molecule has 196 valence electrons. The summed E-state index contributed by atoms with van der Waals surface area (Å²) in [6.45, 7) is 8.42. The number of rotatable bonds is 10. The van der Waals surface area contributed by atoms with E-state index < -0.39 is 6.10 Å². The Morgan fingerprint density at radius 3 is 2.84 bits per heavy atom. The van der Waals surface area contributed by atoms with E-state index in [2.05, 4.69) is 21.9 Å². The number of amides is 1. The Balaban J connectivity index is 1.51. The van der Waals surface area contributed by atoms with Gasteiger partial charge in [0.2, 0.25) is 0 Å². The average Bonchev–Trinajstić information content (AvgIpc) is 3.26. The van der Waals surface area contributed by atoms with Crippen LogP contribution in [-0.4, -0.2) is 71.5 Å². The summed E-state index contributed by atoms with van der Waals surface area (Å²) < 4.78 is 11.2. The van der Waals surface area contributed by atoms with E-state index >= 15 is 0 Å². The van der Waals surface area contributed by atoms with Crippen LogP contribution >= 0.6 is 11.6 Å². The van der Waals surface area contributed by atoms with E-state index in [1.54, 1.807) is 25.0 Å². The lowest BCUT2D eigenvalue weighted by Crippen LogP contribution is -2.40. The van der Waals surface area contributed by atoms with Gasteiger partial charge in [-0.3, -0.25) is 4.90 Å². The van der Waals surface area contributed by atoms with Gasteiger partial charge in [0, 0.05) is 47.5 Å². The van der Waals surface area contributed by atoms with Gasteiger partial charge in [-0.15, -0.1) is 0 Å². The van der Waals surface area contributed by atoms with Crippen molar-refractivity contribution in [3.05, 3.63) is 64.3 Å². The molecule has 1 aliphatic rings. The number of aromatic amines is 1.